The lowest BCUT2D eigenvalue weighted by Crippen LogP contribution is -2.50. The predicted molar refractivity (Wildman–Crippen MR) is 133 cm³/mol. The number of aromatic nitrogens is 5. The van der Waals surface area contributed by atoms with Gasteiger partial charge >= 0.3 is 12.7 Å². The molecule has 0 spiro atoms. The van der Waals surface area contributed by atoms with Gasteiger partial charge in [0.15, 0.2) is 16.4 Å². The van der Waals surface area contributed by atoms with Crippen LogP contribution in [0.3, 0.4) is 0 Å². The smallest absolute Gasteiger partial charge is 0.410 e. The molecule has 4 aromatic heterocycles. The maximum atomic E-state index is 13.0. The number of hydrogen-bond acceptors (Lipinski definition) is 9. The molecule has 5 rings (SSSR count). The summed E-state index contributed by atoms with van der Waals surface area (Å²) >= 11 is 1.31. The summed E-state index contributed by atoms with van der Waals surface area (Å²) < 4.78 is 38.9. The zero-order valence-electron chi connectivity index (χ0n) is 20.6. The second-order valence-electron chi connectivity index (χ2n) is 9.58. The van der Waals surface area contributed by atoms with E-state index in [0.717, 1.165) is 5.00 Å². The number of alkyl halides is 2. The number of ether oxygens (including phenoxy) is 2. The molecule has 0 radical (unpaired) electrons. The van der Waals surface area contributed by atoms with E-state index in [-0.39, 0.29) is 34.4 Å². The number of halogens is 2. The van der Waals surface area contributed by atoms with E-state index < -0.39 is 12.2 Å². The maximum absolute atomic E-state index is 13.0. The Kier molecular flexibility index (Phi) is 6.22. The van der Waals surface area contributed by atoms with E-state index in [1.807, 2.05) is 20.8 Å². The largest absolute Gasteiger partial charge is 0.444 e. The summed E-state index contributed by atoms with van der Waals surface area (Å²) in [7, 11) is 0. The number of nitrogens with zero attached hydrogens (tertiary/aromatic N) is 7. The highest BCUT2D eigenvalue weighted by molar-refractivity contribution is 7.20. The van der Waals surface area contributed by atoms with Crippen LogP contribution in [-0.4, -0.2) is 73.4 Å². The Hall–Kier alpha value is -3.81. The van der Waals surface area contributed by atoms with Gasteiger partial charge in [0.1, 0.15) is 16.3 Å². The fraction of sp³-hybridized carbons (Fsp3) is 0.435. The minimum absolute atomic E-state index is 0.142. The van der Waals surface area contributed by atoms with Crippen LogP contribution in [0.5, 0.6) is 5.75 Å². The molecule has 37 heavy (non-hydrogen) atoms. The third-order valence-corrected chi connectivity index (χ3v) is 6.63. The van der Waals surface area contributed by atoms with Crippen LogP contribution >= 0.6 is 11.3 Å². The van der Waals surface area contributed by atoms with Crippen LogP contribution in [0.4, 0.5) is 18.6 Å². The van der Waals surface area contributed by atoms with Crippen molar-refractivity contribution in [3.63, 3.8) is 0 Å². The molecule has 1 aliphatic rings. The van der Waals surface area contributed by atoms with E-state index in [0.29, 0.717) is 36.8 Å². The number of amides is 1. The van der Waals surface area contributed by atoms with Crippen LogP contribution in [-0.2, 0) is 4.74 Å². The van der Waals surface area contributed by atoms with Crippen molar-refractivity contribution in [1.82, 2.24) is 28.9 Å². The molecule has 1 aliphatic heterocycles. The zero-order valence-corrected chi connectivity index (χ0v) is 21.5. The predicted octanol–water partition coefficient (Wildman–Crippen LogP) is 3.43. The lowest BCUT2D eigenvalue weighted by molar-refractivity contribution is -0.0492. The third kappa shape index (κ3) is 5.19. The Morgan fingerprint density at radius 2 is 1.81 bits per heavy atom. The van der Waals surface area contributed by atoms with Gasteiger partial charge in [-0.25, -0.2) is 19.3 Å². The highest BCUT2D eigenvalue weighted by Crippen LogP contribution is 2.29. The Bertz CT molecular complexity index is 1530. The molecule has 0 aromatic carbocycles. The zero-order chi connectivity index (χ0) is 26.5. The van der Waals surface area contributed by atoms with E-state index >= 15 is 0 Å². The molecule has 11 nitrogen and oxygen atoms in total. The molecule has 0 saturated carbocycles. The number of carbonyl (C=O) groups excluding carboxylic acids is 1. The summed E-state index contributed by atoms with van der Waals surface area (Å²) in [4.78, 5) is 38.2. The fourth-order valence-corrected chi connectivity index (χ4v) is 5.02. The van der Waals surface area contributed by atoms with Gasteiger partial charge in [0.2, 0.25) is 0 Å². The fourth-order valence-electron chi connectivity index (χ4n) is 3.98. The van der Waals surface area contributed by atoms with Gasteiger partial charge in [-0.05, 0) is 27.7 Å². The van der Waals surface area contributed by atoms with Crippen LogP contribution in [0, 0.1) is 6.92 Å². The molecule has 1 fully saturated rings. The molecule has 4 aromatic rings. The van der Waals surface area contributed by atoms with Gasteiger partial charge in [-0.1, -0.05) is 11.3 Å². The Morgan fingerprint density at radius 3 is 2.49 bits per heavy atom. The van der Waals surface area contributed by atoms with Gasteiger partial charge in [0.25, 0.3) is 5.56 Å². The SMILES string of the molecule is Cc1cn2nc(-c3cc(=O)n4cc(N5CCN(C(=O)OC(C)(C)C)CC5)sc4n3)cc(OC(F)F)c2n1. The van der Waals surface area contributed by atoms with E-state index in [1.54, 1.807) is 24.2 Å². The first-order chi connectivity index (χ1) is 17.5. The first kappa shape index (κ1) is 24.9. The number of imidazole rings is 1. The number of anilines is 1. The Balaban J connectivity index is 1.42. The average Bonchev–Trinajstić information content (AvgIpc) is 3.41. The number of fused-ring (bicyclic) bond motifs is 2. The molecule has 0 N–H and O–H groups in total. The van der Waals surface area contributed by atoms with Crippen molar-refractivity contribution in [3.8, 4) is 17.1 Å². The standard InChI is InChI=1S/C23H25F2N7O4S/c1-13-11-32-19(26-13)16(35-20(24)25)9-15(28-32)14-10-17(33)31-12-18(37-21(31)27-14)29-5-7-30(8-6-29)22(34)36-23(2,3)4/h9-12,20H,5-8H2,1-4H3. The molecule has 196 valence electrons. The van der Waals surface area contributed by atoms with Gasteiger partial charge in [0, 0.05) is 44.5 Å². The Morgan fingerprint density at radius 1 is 1.08 bits per heavy atom. The number of piperazine rings is 1. The molecular weight excluding hydrogens is 508 g/mol. The number of aryl methyl sites for hydroxylation is 1. The van der Waals surface area contributed by atoms with Gasteiger partial charge in [-0.2, -0.15) is 13.9 Å². The van der Waals surface area contributed by atoms with Crippen molar-refractivity contribution in [1.29, 1.82) is 0 Å². The quantitative estimate of drug-likeness (QED) is 0.393. The number of rotatable bonds is 4. The highest BCUT2D eigenvalue weighted by atomic mass is 32.1. The minimum Gasteiger partial charge on any atom is -0.444 e. The summed E-state index contributed by atoms with van der Waals surface area (Å²) in [5.74, 6) is -0.162. The van der Waals surface area contributed by atoms with Gasteiger partial charge in [-0.15, -0.1) is 0 Å². The molecule has 0 bridgehead atoms. The second kappa shape index (κ2) is 9.25. The normalized spacial score (nSPS) is 14.7. The van der Waals surface area contributed by atoms with Gasteiger partial charge in [-0.3, -0.25) is 9.20 Å². The molecular formula is C23H25F2N7O4S. The van der Waals surface area contributed by atoms with Crippen LogP contribution < -0.4 is 15.2 Å². The Labute approximate surface area is 213 Å². The molecule has 0 unspecified atom stereocenters. The van der Waals surface area contributed by atoms with Crippen LogP contribution in [0.1, 0.15) is 26.5 Å². The van der Waals surface area contributed by atoms with E-state index in [2.05, 4.69) is 24.7 Å². The van der Waals surface area contributed by atoms with Crippen LogP contribution in [0.2, 0.25) is 0 Å². The van der Waals surface area contributed by atoms with Crippen LogP contribution in [0.25, 0.3) is 22.0 Å². The van der Waals surface area contributed by atoms with Crippen molar-refractivity contribution < 1.29 is 23.0 Å². The second-order valence-corrected chi connectivity index (χ2v) is 10.6. The number of hydrogen-bond donors (Lipinski definition) is 0. The number of carbonyl (C=O) groups is 1. The summed E-state index contributed by atoms with van der Waals surface area (Å²) in [5, 5.41) is 5.21. The summed E-state index contributed by atoms with van der Waals surface area (Å²) in [5.41, 5.74) is 0.230. The van der Waals surface area contributed by atoms with Gasteiger partial charge < -0.3 is 19.3 Å². The summed E-state index contributed by atoms with van der Waals surface area (Å²) in [6.07, 6.45) is 2.94. The molecule has 0 atom stereocenters. The molecule has 1 amide bonds. The molecule has 14 heteroatoms. The maximum Gasteiger partial charge on any atom is 0.410 e. The van der Waals surface area contributed by atoms with Crippen molar-refractivity contribution >= 4 is 33.0 Å². The molecule has 5 heterocycles. The topological polar surface area (TPSA) is 107 Å². The summed E-state index contributed by atoms with van der Waals surface area (Å²) in [6.45, 7) is 6.25. The lowest BCUT2D eigenvalue weighted by atomic mass is 10.2. The molecule has 0 aliphatic carbocycles. The van der Waals surface area contributed by atoms with Crippen molar-refractivity contribution in [3.05, 3.63) is 40.6 Å². The highest BCUT2D eigenvalue weighted by Gasteiger charge is 2.27. The first-order valence-corrected chi connectivity index (χ1v) is 12.4. The van der Waals surface area contributed by atoms with Crippen LogP contribution in [0.15, 0.2) is 29.3 Å². The monoisotopic (exact) mass is 533 g/mol. The lowest BCUT2D eigenvalue weighted by Gasteiger charge is -2.35. The number of thiazole rings is 1. The van der Waals surface area contributed by atoms with E-state index in [9.17, 15) is 18.4 Å². The van der Waals surface area contributed by atoms with Gasteiger partial charge in [0.05, 0.1) is 17.6 Å². The van der Waals surface area contributed by atoms with Crippen molar-refractivity contribution in [2.24, 2.45) is 0 Å². The first-order valence-electron chi connectivity index (χ1n) is 11.6. The van der Waals surface area contributed by atoms with E-state index in [1.165, 1.54) is 32.4 Å². The molecule has 1 saturated heterocycles. The van der Waals surface area contributed by atoms with Crippen molar-refractivity contribution in [2.75, 3.05) is 31.1 Å². The third-order valence-electron chi connectivity index (χ3n) is 5.59. The average molecular weight is 534 g/mol. The van der Waals surface area contributed by atoms with E-state index in [4.69, 9.17) is 4.74 Å². The minimum atomic E-state index is -3.05. The summed E-state index contributed by atoms with van der Waals surface area (Å²) in [6, 6.07) is 2.60. The van der Waals surface area contributed by atoms with Crippen molar-refractivity contribution in [2.45, 2.75) is 39.9 Å².